The lowest BCUT2D eigenvalue weighted by Gasteiger charge is -2.16. The molecule has 0 aliphatic rings. The smallest absolute Gasteiger partial charge is 0.161 e. The third kappa shape index (κ3) is 5.03. The van der Waals surface area contributed by atoms with Crippen molar-refractivity contribution in [2.24, 2.45) is 0 Å². The van der Waals surface area contributed by atoms with E-state index in [2.05, 4.69) is 11.4 Å². The van der Waals surface area contributed by atoms with Crippen LogP contribution in [0.25, 0.3) is 0 Å². The summed E-state index contributed by atoms with van der Waals surface area (Å²) in [5.74, 6) is 1.20. The third-order valence-electron chi connectivity index (χ3n) is 4.32. The summed E-state index contributed by atoms with van der Waals surface area (Å²) in [5, 5.41) is 22.5. The molecule has 0 fully saturated rings. The quantitative estimate of drug-likeness (QED) is 0.615. The van der Waals surface area contributed by atoms with Crippen LogP contribution in [0.5, 0.6) is 11.5 Å². The summed E-state index contributed by atoms with van der Waals surface area (Å²) in [7, 11) is 1.58. The van der Waals surface area contributed by atoms with Crippen molar-refractivity contribution < 1.29 is 14.6 Å². The van der Waals surface area contributed by atoms with Gasteiger partial charge in [0.05, 0.1) is 24.8 Å². The Morgan fingerprint density at radius 3 is 2.43 bits per heavy atom. The molecule has 0 spiro atoms. The Bertz CT molecular complexity index is 934. The molecule has 0 aliphatic carbocycles. The van der Waals surface area contributed by atoms with E-state index >= 15 is 0 Å². The first-order valence-electron chi connectivity index (χ1n) is 8.96. The zero-order valence-electron chi connectivity index (χ0n) is 15.6. The molecule has 0 heterocycles. The molecule has 0 saturated heterocycles. The number of hydrogen-bond donors (Lipinski definition) is 2. The standard InChI is InChI=1S/C23H22N2O3/c1-27-23-13-19(9-12-22(23)28-16-18-5-3-2-4-6-18)21(26)15-25-20-10-7-17(14-24)8-11-20/h2-13,21,25-26H,15-16H2,1H3. The fourth-order valence-electron chi connectivity index (χ4n) is 2.74. The van der Waals surface area contributed by atoms with Crippen molar-refractivity contribution in [3.8, 4) is 17.6 Å². The van der Waals surface area contributed by atoms with E-state index < -0.39 is 6.10 Å². The minimum atomic E-state index is -0.715. The number of methoxy groups -OCH3 is 1. The van der Waals surface area contributed by atoms with Gasteiger partial charge in [0.2, 0.25) is 0 Å². The average Bonchev–Trinajstić information content (AvgIpc) is 2.77. The molecule has 5 nitrogen and oxygen atoms in total. The Kier molecular flexibility index (Phi) is 6.50. The fraction of sp³-hybridized carbons (Fsp3) is 0.174. The monoisotopic (exact) mass is 374 g/mol. The molecule has 28 heavy (non-hydrogen) atoms. The second-order valence-electron chi connectivity index (χ2n) is 6.27. The van der Waals surface area contributed by atoms with Gasteiger partial charge in [0, 0.05) is 12.2 Å². The molecule has 0 radical (unpaired) electrons. The molecule has 1 atom stereocenters. The molecule has 1 unspecified atom stereocenters. The highest BCUT2D eigenvalue weighted by atomic mass is 16.5. The van der Waals surface area contributed by atoms with Gasteiger partial charge in [-0.2, -0.15) is 5.26 Å². The molecule has 3 aromatic carbocycles. The second kappa shape index (κ2) is 9.45. The van der Waals surface area contributed by atoms with Gasteiger partial charge in [0.25, 0.3) is 0 Å². The molecular weight excluding hydrogens is 352 g/mol. The van der Waals surface area contributed by atoms with Crippen LogP contribution in [0, 0.1) is 11.3 Å². The van der Waals surface area contributed by atoms with Gasteiger partial charge in [-0.3, -0.25) is 0 Å². The number of aliphatic hydroxyl groups is 1. The van der Waals surface area contributed by atoms with Gasteiger partial charge in [0.15, 0.2) is 11.5 Å². The first-order chi connectivity index (χ1) is 13.7. The average molecular weight is 374 g/mol. The van der Waals surface area contributed by atoms with Gasteiger partial charge in [0.1, 0.15) is 6.61 Å². The van der Waals surface area contributed by atoms with E-state index in [9.17, 15) is 5.11 Å². The molecule has 142 valence electrons. The number of aliphatic hydroxyl groups excluding tert-OH is 1. The Morgan fingerprint density at radius 2 is 1.75 bits per heavy atom. The first-order valence-corrected chi connectivity index (χ1v) is 8.96. The number of hydrogen-bond acceptors (Lipinski definition) is 5. The molecule has 3 aromatic rings. The zero-order chi connectivity index (χ0) is 19.8. The number of nitriles is 1. The summed E-state index contributed by atoms with van der Waals surface area (Å²) in [6.45, 7) is 0.776. The summed E-state index contributed by atoms with van der Waals surface area (Å²) >= 11 is 0. The predicted molar refractivity (Wildman–Crippen MR) is 108 cm³/mol. The fourth-order valence-corrected chi connectivity index (χ4v) is 2.74. The lowest BCUT2D eigenvalue weighted by molar-refractivity contribution is 0.190. The van der Waals surface area contributed by atoms with Gasteiger partial charge in [-0.05, 0) is 47.5 Å². The Hall–Kier alpha value is -3.49. The van der Waals surface area contributed by atoms with Gasteiger partial charge >= 0.3 is 0 Å². The maximum absolute atomic E-state index is 10.5. The van der Waals surface area contributed by atoms with Crippen LogP contribution in [0.3, 0.4) is 0 Å². The van der Waals surface area contributed by atoms with E-state index in [0.717, 1.165) is 16.8 Å². The van der Waals surface area contributed by atoms with Crippen molar-refractivity contribution in [3.63, 3.8) is 0 Å². The van der Waals surface area contributed by atoms with Crippen LogP contribution < -0.4 is 14.8 Å². The number of benzene rings is 3. The summed E-state index contributed by atoms with van der Waals surface area (Å²) in [6.07, 6.45) is -0.715. The minimum absolute atomic E-state index is 0.333. The summed E-state index contributed by atoms with van der Waals surface area (Å²) in [4.78, 5) is 0. The maximum Gasteiger partial charge on any atom is 0.161 e. The van der Waals surface area contributed by atoms with Crippen LogP contribution in [0.1, 0.15) is 22.8 Å². The van der Waals surface area contributed by atoms with Crippen LogP contribution in [0.2, 0.25) is 0 Å². The molecule has 0 saturated carbocycles. The van der Waals surface area contributed by atoms with Gasteiger partial charge in [-0.15, -0.1) is 0 Å². The molecular formula is C23H22N2O3. The molecule has 0 aliphatic heterocycles. The van der Waals surface area contributed by atoms with Crippen LogP contribution in [-0.2, 0) is 6.61 Å². The van der Waals surface area contributed by atoms with E-state index in [1.807, 2.05) is 54.6 Å². The third-order valence-corrected chi connectivity index (χ3v) is 4.32. The van der Waals surface area contributed by atoms with E-state index in [4.69, 9.17) is 14.7 Å². The number of ether oxygens (including phenoxy) is 2. The SMILES string of the molecule is COc1cc(C(O)CNc2ccc(C#N)cc2)ccc1OCc1ccccc1. The number of rotatable bonds is 8. The minimum Gasteiger partial charge on any atom is -0.493 e. The van der Waals surface area contributed by atoms with Gasteiger partial charge in [-0.1, -0.05) is 36.4 Å². The first kappa shape index (κ1) is 19.3. The van der Waals surface area contributed by atoms with Crippen LogP contribution in [0.15, 0.2) is 72.8 Å². The van der Waals surface area contributed by atoms with Gasteiger partial charge in [-0.25, -0.2) is 0 Å². The molecule has 0 amide bonds. The van der Waals surface area contributed by atoms with E-state index in [1.54, 1.807) is 25.3 Å². The van der Waals surface area contributed by atoms with Crippen LogP contribution >= 0.6 is 0 Å². The Labute approximate surface area is 164 Å². The number of nitrogens with zero attached hydrogens (tertiary/aromatic N) is 1. The summed E-state index contributed by atoms with van der Waals surface area (Å²) in [5.41, 5.74) is 3.24. The predicted octanol–water partition coefficient (Wildman–Crippen LogP) is 4.29. The van der Waals surface area contributed by atoms with Crippen LogP contribution in [-0.4, -0.2) is 18.8 Å². The summed E-state index contributed by atoms with van der Waals surface area (Å²) in [6, 6.07) is 24.5. The van der Waals surface area contributed by atoms with Crippen molar-refractivity contribution in [2.75, 3.05) is 19.0 Å². The number of nitrogens with one attached hydrogen (secondary N) is 1. The van der Waals surface area contributed by atoms with E-state index in [1.165, 1.54) is 0 Å². The zero-order valence-corrected chi connectivity index (χ0v) is 15.6. The molecule has 3 rings (SSSR count). The molecule has 2 N–H and O–H groups in total. The van der Waals surface area contributed by atoms with E-state index in [0.29, 0.717) is 30.2 Å². The highest BCUT2D eigenvalue weighted by Gasteiger charge is 2.12. The molecule has 0 bridgehead atoms. The van der Waals surface area contributed by atoms with Gasteiger partial charge < -0.3 is 19.9 Å². The largest absolute Gasteiger partial charge is 0.493 e. The number of anilines is 1. The van der Waals surface area contributed by atoms with Crippen molar-refractivity contribution in [1.82, 2.24) is 0 Å². The van der Waals surface area contributed by atoms with Crippen molar-refractivity contribution in [3.05, 3.63) is 89.5 Å². The maximum atomic E-state index is 10.5. The van der Waals surface area contributed by atoms with Crippen LogP contribution in [0.4, 0.5) is 5.69 Å². The van der Waals surface area contributed by atoms with E-state index in [-0.39, 0.29) is 0 Å². The molecule has 5 heteroatoms. The van der Waals surface area contributed by atoms with Crippen molar-refractivity contribution >= 4 is 5.69 Å². The lowest BCUT2D eigenvalue weighted by atomic mass is 10.1. The highest BCUT2D eigenvalue weighted by Crippen LogP contribution is 2.31. The molecule has 0 aromatic heterocycles. The Morgan fingerprint density at radius 1 is 1.00 bits per heavy atom. The normalized spacial score (nSPS) is 11.3. The van der Waals surface area contributed by atoms with Crippen molar-refractivity contribution in [1.29, 1.82) is 5.26 Å². The summed E-state index contributed by atoms with van der Waals surface area (Å²) < 4.78 is 11.3. The Balaban J connectivity index is 1.62. The highest BCUT2D eigenvalue weighted by molar-refractivity contribution is 5.48. The lowest BCUT2D eigenvalue weighted by Crippen LogP contribution is -2.12. The topological polar surface area (TPSA) is 74.5 Å². The second-order valence-corrected chi connectivity index (χ2v) is 6.27. The van der Waals surface area contributed by atoms with Crippen molar-refractivity contribution in [2.45, 2.75) is 12.7 Å².